The maximum atomic E-state index is 11.5. The zero-order chi connectivity index (χ0) is 19.0. The van der Waals surface area contributed by atoms with Crippen LogP contribution in [0.25, 0.3) is 0 Å². The van der Waals surface area contributed by atoms with Gasteiger partial charge in [0.1, 0.15) is 31.4 Å². The topological polar surface area (TPSA) is 122 Å². The van der Waals surface area contributed by atoms with Crippen LogP contribution in [0, 0.1) is 5.92 Å². The first-order valence-corrected chi connectivity index (χ1v) is 7.80. The third-order valence-electron chi connectivity index (χ3n) is 3.69. The van der Waals surface area contributed by atoms with Crippen molar-refractivity contribution in [3.63, 3.8) is 0 Å². The van der Waals surface area contributed by atoms with Crippen LogP contribution in [0.5, 0.6) is 0 Å². The summed E-state index contributed by atoms with van der Waals surface area (Å²) in [6.45, 7) is 3.29. The molecule has 1 aliphatic rings. The van der Waals surface area contributed by atoms with Crippen molar-refractivity contribution in [2.24, 2.45) is 5.92 Å². The third-order valence-corrected chi connectivity index (χ3v) is 3.69. The lowest BCUT2D eigenvalue weighted by Gasteiger charge is -2.44. The molecule has 1 saturated heterocycles. The van der Waals surface area contributed by atoms with Crippen LogP contribution in [-0.4, -0.2) is 61.5 Å². The fraction of sp³-hybridized carbons (Fsp3) is 0.688. The average molecular weight is 358 g/mol. The van der Waals surface area contributed by atoms with E-state index in [0.29, 0.717) is 12.6 Å². The van der Waals surface area contributed by atoms with Gasteiger partial charge in [-0.25, -0.2) is 0 Å². The second-order valence-corrected chi connectivity index (χ2v) is 5.63. The van der Waals surface area contributed by atoms with Gasteiger partial charge in [0.2, 0.25) is 0 Å². The van der Waals surface area contributed by atoms with Gasteiger partial charge in [-0.05, 0) is 0 Å². The van der Waals surface area contributed by atoms with Gasteiger partial charge in [0.05, 0.1) is 6.10 Å². The van der Waals surface area contributed by atoms with Crippen LogP contribution in [0.15, 0.2) is 0 Å². The van der Waals surface area contributed by atoms with E-state index in [0.717, 1.165) is 0 Å². The average Bonchev–Trinajstić information content (AvgIpc) is 2.50. The molecule has 140 valence electrons. The van der Waals surface area contributed by atoms with E-state index in [1.807, 2.05) is 0 Å². The fourth-order valence-corrected chi connectivity index (χ4v) is 2.81. The summed E-state index contributed by atoms with van der Waals surface area (Å²) in [5.74, 6) is -2.55. The van der Waals surface area contributed by atoms with Gasteiger partial charge in [0.15, 0.2) is 6.10 Å². The molecular formula is C16H22O9. The van der Waals surface area contributed by atoms with E-state index in [1.165, 1.54) is 20.8 Å². The van der Waals surface area contributed by atoms with Crippen LogP contribution in [0.4, 0.5) is 0 Å². The first kappa shape index (κ1) is 20.8. The number of esters is 3. The lowest BCUT2D eigenvalue weighted by molar-refractivity contribution is -0.233. The van der Waals surface area contributed by atoms with Crippen molar-refractivity contribution >= 4 is 30.5 Å². The second kappa shape index (κ2) is 9.87. The Morgan fingerprint density at radius 3 is 1.88 bits per heavy atom. The van der Waals surface area contributed by atoms with Crippen molar-refractivity contribution in [1.82, 2.24) is 0 Å². The van der Waals surface area contributed by atoms with Gasteiger partial charge in [-0.1, -0.05) is 0 Å². The highest BCUT2D eigenvalue weighted by atomic mass is 16.6. The van der Waals surface area contributed by atoms with E-state index in [4.69, 9.17) is 18.9 Å². The van der Waals surface area contributed by atoms with Gasteiger partial charge in [-0.2, -0.15) is 0 Å². The standard InChI is InChI=1S/C16H22O9/c1-9(19)22-8-14-16(24-11(3)21)15(23-10(2)20)12(4-6-17)13(25-14)5-7-18/h6-7,12-16H,4-5,8H2,1-3H3/t12-,13-,14-,15-,16-/m1/s1. The minimum absolute atomic E-state index is 0.0559. The summed E-state index contributed by atoms with van der Waals surface area (Å²) in [5.41, 5.74) is 0. The van der Waals surface area contributed by atoms with E-state index in [1.54, 1.807) is 0 Å². The van der Waals surface area contributed by atoms with Crippen LogP contribution < -0.4 is 0 Å². The van der Waals surface area contributed by atoms with E-state index in [-0.39, 0.29) is 19.4 Å². The number of carbonyl (C=O) groups is 5. The highest BCUT2D eigenvalue weighted by Gasteiger charge is 2.49. The Kier molecular flexibility index (Phi) is 8.20. The van der Waals surface area contributed by atoms with Crippen LogP contribution in [0.1, 0.15) is 33.6 Å². The fourth-order valence-electron chi connectivity index (χ4n) is 2.81. The molecule has 0 radical (unpaired) electrons. The monoisotopic (exact) mass is 358 g/mol. The number of aldehydes is 2. The summed E-state index contributed by atoms with van der Waals surface area (Å²) in [5, 5.41) is 0. The molecule has 0 aromatic rings. The molecule has 1 fully saturated rings. The predicted molar refractivity (Wildman–Crippen MR) is 81.3 cm³/mol. The number of ether oxygens (including phenoxy) is 4. The molecule has 0 unspecified atom stereocenters. The molecule has 0 N–H and O–H groups in total. The van der Waals surface area contributed by atoms with Crippen molar-refractivity contribution in [3.8, 4) is 0 Å². The molecule has 0 aliphatic carbocycles. The summed E-state index contributed by atoms with van der Waals surface area (Å²) >= 11 is 0. The Hall–Kier alpha value is -2.29. The Bertz CT molecular complexity index is 516. The van der Waals surface area contributed by atoms with Gasteiger partial charge in [-0.15, -0.1) is 0 Å². The highest BCUT2D eigenvalue weighted by Crippen LogP contribution is 2.34. The molecule has 0 aromatic heterocycles. The molecule has 0 spiro atoms. The zero-order valence-electron chi connectivity index (χ0n) is 14.3. The predicted octanol–water partition coefficient (Wildman–Crippen LogP) is -0.0255. The number of hydrogen-bond donors (Lipinski definition) is 0. The molecule has 0 saturated carbocycles. The zero-order valence-corrected chi connectivity index (χ0v) is 14.3. The van der Waals surface area contributed by atoms with Crippen molar-refractivity contribution in [2.45, 2.75) is 58.0 Å². The molecule has 1 heterocycles. The molecule has 25 heavy (non-hydrogen) atoms. The Labute approximate surface area is 144 Å². The van der Waals surface area contributed by atoms with Gasteiger partial charge >= 0.3 is 17.9 Å². The summed E-state index contributed by atoms with van der Waals surface area (Å²) in [7, 11) is 0. The number of hydrogen-bond acceptors (Lipinski definition) is 9. The van der Waals surface area contributed by atoms with Crippen LogP contribution in [0.3, 0.4) is 0 Å². The highest BCUT2D eigenvalue weighted by molar-refractivity contribution is 5.68. The summed E-state index contributed by atoms with van der Waals surface area (Å²) in [4.78, 5) is 56.0. The second-order valence-electron chi connectivity index (χ2n) is 5.63. The number of carbonyl (C=O) groups excluding carboxylic acids is 5. The first-order valence-electron chi connectivity index (χ1n) is 7.80. The maximum absolute atomic E-state index is 11.5. The lowest BCUT2D eigenvalue weighted by Crippen LogP contribution is -2.58. The van der Waals surface area contributed by atoms with Gasteiger partial charge in [0.25, 0.3) is 0 Å². The Morgan fingerprint density at radius 1 is 0.840 bits per heavy atom. The van der Waals surface area contributed by atoms with Crippen molar-refractivity contribution < 1.29 is 42.9 Å². The van der Waals surface area contributed by atoms with Crippen LogP contribution >= 0.6 is 0 Å². The van der Waals surface area contributed by atoms with E-state index in [9.17, 15) is 24.0 Å². The Balaban J connectivity index is 3.19. The molecule has 9 heteroatoms. The SMILES string of the molecule is CC(=O)OC[C@H]1O[C@H](CC=O)[C@@H](CC=O)[C@@H](OC(C)=O)[C@@H]1OC(C)=O. The van der Waals surface area contributed by atoms with E-state index >= 15 is 0 Å². The largest absolute Gasteiger partial charge is 0.463 e. The maximum Gasteiger partial charge on any atom is 0.303 e. The summed E-state index contributed by atoms with van der Waals surface area (Å²) < 4.78 is 21.1. The molecule has 1 rings (SSSR count). The quantitative estimate of drug-likeness (QED) is 0.334. The van der Waals surface area contributed by atoms with E-state index < -0.39 is 48.2 Å². The van der Waals surface area contributed by atoms with Crippen molar-refractivity contribution in [3.05, 3.63) is 0 Å². The molecule has 0 amide bonds. The molecule has 0 aromatic carbocycles. The van der Waals surface area contributed by atoms with Crippen molar-refractivity contribution in [1.29, 1.82) is 0 Å². The van der Waals surface area contributed by atoms with Gasteiger partial charge in [0, 0.05) is 39.5 Å². The lowest BCUT2D eigenvalue weighted by atomic mass is 9.83. The molecular weight excluding hydrogens is 336 g/mol. The minimum Gasteiger partial charge on any atom is -0.463 e. The first-order chi connectivity index (χ1) is 11.8. The molecule has 0 bridgehead atoms. The van der Waals surface area contributed by atoms with Crippen molar-refractivity contribution in [2.75, 3.05) is 6.61 Å². The molecule has 9 nitrogen and oxygen atoms in total. The summed E-state index contributed by atoms with van der Waals surface area (Å²) in [6.07, 6.45) is -2.67. The Morgan fingerprint density at radius 2 is 1.40 bits per heavy atom. The summed E-state index contributed by atoms with van der Waals surface area (Å²) in [6, 6.07) is 0. The molecule has 1 aliphatic heterocycles. The third kappa shape index (κ3) is 6.26. The number of rotatable bonds is 8. The minimum atomic E-state index is -1.08. The van der Waals surface area contributed by atoms with Gasteiger partial charge < -0.3 is 28.5 Å². The van der Waals surface area contributed by atoms with Gasteiger partial charge in [-0.3, -0.25) is 14.4 Å². The smallest absolute Gasteiger partial charge is 0.303 e. The van der Waals surface area contributed by atoms with E-state index in [2.05, 4.69) is 0 Å². The van der Waals surface area contributed by atoms with Crippen LogP contribution in [-0.2, 0) is 42.9 Å². The molecule has 5 atom stereocenters. The normalized spacial score (nSPS) is 28.5. The van der Waals surface area contributed by atoms with Crippen LogP contribution in [0.2, 0.25) is 0 Å².